The predicted octanol–water partition coefficient (Wildman–Crippen LogP) is 2.29. The van der Waals surface area contributed by atoms with E-state index in [-0.39, 0.29) is 22.8 Å². The largest absolute Gasteiger partial charge is 0.478 e. The van der Waals surface area contributed by atoms with Crippen LogP contribution in [0.3, 0.4) is 0 Å². The molecule has 10 heteroatoms. The molecule has 0 aliphatic heterocycles. The van der Waals surface area contributed by atoms with Crippen LogP contribution in [0.15, 0.2) is 29.4 Å². The average molecular weight is 385 g/mol. The van der Waals surface area contributed by atoms with Crippen molar-refractivity contribution in [2.45, 2.75) is 37.3 Å². The summed E-state index contributed by atoms with van der Waals surface area (Å²) in [5.74, 6) is -1.32. The molecular weight excluding hydrogens is 368 g/mol. The molecule has 0 bridgehead atoms. The molecule has 26 heavy (non-hydrogen) atoms. The second-order valence-corrected chi connectivity index (χ2v) is 8.07. The Morgan fingerprint density at radius 2 is 2.12 bits per heavy atom. The first kappa shape index (κ1) is 18.5. The SMILES string of the molecule is CN(Cc1nccn1C(F)F)S(=O)(=O)c1cc(C(=O)O)cc2c1CCC2. The van der Waals surface area contributed by atoms with Crippen molar-refractivity contribution in [2.24, 2.45) is 0 Å². The Labute approximate surface area is 148 Å². The van der Waals surface area contributed by atoms with Crippen LogP contribution in [0.4, 0.5) is 8.78 Å². The Balaban J connectivity index is 2.00. The highest BCUT2D eigenvalue weighted by Gasteiger charge is 2.30. The highest BCUT2D eigenvalue weighted by Crippen LogP contribution is 2.32. The van der Waals surface area contributed by atoms with Crippen molar-refractivity contribution in [2.75, 3.05) is 7.05 Å². The van der Waals surface area contributed by atoms with Gasteiger partial charge in [-0.2, -0.15) is 13.1 Å². The minimum Gasteiger partial charge on any atom is -0.478 e. The first-order valence-corrected chi connectivity index (χ1v) is 9.31. The number of benzene rings is 1. The number of halogens is 2. The summed E-state index contributed by atoms with van der Waals surface area (Å²) in [6.45, 7) is -3.19. The lowest BCUT2D eigenvalue weighted by Crippen LogP contribution is -2.29. The van der Waals surface area contributed by atoms with Crippen LogP contribution in [0.1, 0.15) is 40.3 Å². The quantitative estimate of drug-likeness (QED) is 0.824. The van der Waals surface area contributed by atoms with E-state index in [1.165, 1.54) is 19.3 Å². The van der Waals surface area contributed by atoms with Crippen molar-refractivity contribution in [1.82, 2.24) is 13.9 Å². The van der Waals surface area contributed by atoms with Crippen LogP contribution in [-0.2, 0) is 29.4 Å². The first-order valence-electron chi connectivity index (χ1n) is 7.87. The standard InChI is InChI=1S/C16H17F2N3O4S/c1-20(9-14-19-5-6-21(14)16(17)18)26(24,25)13-8-11(15(22)23)7-10-3-2-4-12(10)13/h5-8,16H,2-4,9H2,1H3,(H,22,23). The summed E-state index contributed by atoms with van der Waals surface area (Å²) >= 11 is 0. The molecule has 0 saturated carbocycles. The minimum absolute atomic E-state index is 0.0810. The van der Waals surface area contributed by atoms with Gasteiger partial charge in [0.15, 0.2) is 0 Å². The van der Waals surface area contributed by atoms with Gasteiger partial charge in [0.05, 0.1) is 17.0 Å². The summed E-state index contributed by atoms with van der Waals surface area (Å²) in [4.78, 5) is 15.0. The summed E-state index contributed by atoms with van der Waals surface area (Å²) < 4.78 is 53.3. The van der Waals surface area contributed by atoms with Gasteiger partial charge in [-0.15, -0.1) is 0 Å². The molecule has 140 valence electrons. The van der Waals surface area contributed by atoms with Crippen molar-refractivity contribution in [3.8, 4) is 0 Å². The van der Waals surface area contributed by atoms with Gasteiger partial charge in [0.25, 0.3) is 0 Å². The third-order valence-corrected chi connectivity index (χ3v) is 6.30. The van der Waals surface area contributed by atoms with E-state index in [1.807, 2.05) is 0 Å². The van der Waals surface area contributed by atoms with Crippen LogP contribution in [0.2, 0.25) is 0 Å². The van der Waals surface area contributed by atoms with Gasteiger partial charge >= 0.3 is 12.5 Å². The van der Waals surface area contributed by atoms with E-state index in [2.05, 4.69) is 4.98 Å². The summed E-state index contributed by atoms with van der Waals surface area (Å²) in [7, 11) is -2.81. The number of aromatic carboxylic acids is 1. The molecule has 1 aliphatic rings. The van der Waals surface area contributed by atoms with E-state index < -0.39 is 22.5 Å². The monoisotopic (exact) mass is 385 g/mol. The zero-order valence-electron chi connectivity index (χ0n) is 13.9. The fourth-order valence-electron chi connectivity index (χ4n) is 3.12. The molecule has 0 unspecified atom stereocenters. The first-order chi connectivity index (χ1) is 12.2. The van der Waals surface area contributed by atoms with Crippen LogP contribution in [0.5, 0.6) is 0 Å². The molecular formula is C16H17F2N3O4S. The highest BCUT2D eigenvalue weighted by atomic mass is 32.2. The Morgan fingerprint density at radius 1 is 1.38 bits per heavy atom. The van der Waals surface area contributed by atoms with E-state index >= 15 is 0 Å². The minimum atomic E-state index is -4.07. The summed E-state index contributed by atoms with van der Waals surface area (Å²) in [5.41, 5.74) is 1.19. The van der Waals surface area contributed by atoms with Crippen LogP contribution >= 0.6 is 0 Å². The third-order valence-electron chi connectivity index (χ3n) is 4.43. The molecule has 0 radical (unpaired) electrons. The maximum absolute atomic E-state index is 13.0. The number of rotatable bonds is 6. The number of aryl methyl sites for hydroxylation is 1. The molecule has 2 aromatic rings. The van der Waals surface area contributed by atoms with Gasteiger partial charge in [0.2, 0.25) is 10.0 Å². The molecule has 1 heterocycles. The number of alkyl halides is 2. The van der Waals surface area contributed by atoms with Crippen molar-refractivity contribution in [3.63, 3.8) is 0 Å². The Bertz CT molecular complexity index is 956. The Hall–Kier alpha value is -2.33. The number of carboxylic acids is 1. The average Bonchev–Trinajstić information content (AvgIpc) is 3.21. The molecule has 3 rings (SSSR count). The van der Waals surface area contributed by atoms with Crippen LogP contribution in [0.25, 0.3) is 0 Å². The third kappa shape index (κ3) is 3.21. The summed E-state index contributed by atoms with van der Waals surface area (Å²) in [6, 6.07) is 2.63. The van der Waals surface area contributed by atoms with Gasteiger partial charge in [0, 0.05) is 19.4 Å². The number of imidazole rings is 1. The van der Waals surface area contributed by atoms with Crippen LogP contribution in [0, 0.1) is 0 Å². The van der Waals surface area contributed by atoms with E-state index in [4.69, 9.17) is 0 Å². The van der Waals surface area contributed by atoms with Crippen molar-refractivity contribution in [1.29, 1.82) is 0 Å². The van der Waals surface area contributed by atoms with Gasteiger partial charge in [-0.05, 0) is 42.5 Å². The van der Waals surface area contributed by atoms with Crippen molar-refractivity contribution >= 4 is 16.0 Å². The topological polar surface area (TPSA) is 92.5 Å². The molecule has 0 fully saturated rings. The van der Waals surface area contributed by atoms with Crippen molar-refractivity contribution in [3.05, 3.63) is 47.0 Å². The van der Waals surface area contributed by atoms with E-state index in [9.17, 15) is 27.1 Å². The molecule has 1 N–H and O–H groups in total. The van der Waals surface area contributed by atoms with E-state index in [1.54, 1.807) is 0 Å². The number of nitrogens with zero attached hydrogens (tertiary/aromatic N) is 3. The number of hydrogen-bond acceptors (Lipinski definition) is 4. The highest BCUT2D eigenvalue weighted by molar-refractivity contribution is 7.89. The number of aromatic nitrogens is 2. The van der Waals surface area contributed by atoms with E-state index in [0.29, 0.717) is 28.5 Å². The second-order valence-electron chi connectivity index (χ2n) is 6.06. The normalized spacial score (nSPS) is 14.2. The van der Waals surface area contributed by atoms with E-state index in [0.717, 1.165) is 23.0 Å². The van der Waals surface area contributed by atoms with Gasteiger partial charge in [-0.1, -0.05) is 0 Å². The molecule has 0 spiro atoms. The maximum Gasteiger partial charge on any atom is 0.335 e. The zero-order chi connectivity index (χ0) is 19.1. The fraction of sp³-hybridized carbons (Fsp3) is 0.375. The smallest absolute Gasteiger partial charge is 0.335 e. The molecule has 1 aromatic heterocycles. The summed E-state index contributed by atoms with van der Waals surface area (Å²) in [5, 5.41) is 9.24. The predicted molar refractivity (Wildman–Crippen MR) is 87.6 cm³/mol. The molecule has 0 atom stereocenters. The zero-order valence-corrected chi connectivity index (χ0v) is 14.7. The Morgan fingerprint density at radius 3 is 2.77 bits per heavy atom. The van der Waals surface area contributed by atoms with Gasteiger partial charge < -0.3 is 5.11 Å². The van der Waals surface area contributed by atoms with Gasteiger partial charge in [-0.3, -0.25) is 4.57 Å². The van der Waals surface area contributed by atoms with Crippen LogP contribution in [-0.4, -0.2) is 40.4 Å². The number of carbonyl (C=O) groups is 1. The van der Waals surface area contributed by atoms with Crippen LogP contribution < -0.4 is 0 Å². The Kier molecular flexibility index (Phi) is 4.80. The number of fused-ring (bicyclic) bond motifs is 1. The molecule has 1 aliphatic carbocycles. The number of hydrogen-bond donors (Lipinski definition) is 1. The summed E-state index contributed by atoms with van der Waals surface area (Å²) in [6.07, 6.45) is 4.12. The lowest BCUT2D eigenvalue weighted by atomic mass is 10.1. The van der Waals surface area contributed by atoms with Gasteiger partial charge in [0.1, 0.15) is 5.82 Å². The van der Waals surface area contributed by atoms with Gasteiger partial charge in [-0.25, -0.2) is 18.2 Å². The fourth-order valence-corrected chi connectivity index (χ4v) is 4.56. The molecule has 1 aromatic carbocycles. The second kappa shape index (κ2) is 6.76. The number of carboxylic acid groups (broad SMARTS) is 1. The molecule has 7 nitrogen and oxygen atoms in total. The maximum atomic E-state index is 13.0. The lowest BCUT2D eigenvalue weighted by Gasteiger charge is -2.20. The van der Waals surface area contributed by atoms with Crippen molar-refractivity contribution < 1.29 is 27.1 Å². The molecule has 0 saturated heterocycles. The lowest BCUT2D eigenvalue weighted by molar-refractivity contribution is 0.0656. The number of sulfonamides is 1. The molecule has 0 amide bonds.